The molecule has 0 unspecified atom stereocenters. The lowest BCUT2D eigenvalue weighted by atomic mass is 10.2. The zero-order valence-electron chi connectivity index (χ0n) is 11.7. The third-order valence-corrected chi connectivity index (χ3v) is 4.63. The van der Waals surface area contributed by atoms with E-state index in [4.69, 9.17) is 0 Å². The van der Waals surface area contributed by atoms with Gasteiger partial charge in [-0.1, -0.05) is 13.3 Å². The smallest absolute Gasteiger partial charge is 0.211 e. The Balaban J connectivity index is 2.49. The fourth-order valence-electron chi connectivity index (χ4n) is 1.72. The average Bonchev–Trinajstić information content (AvgIpc) is 2.54. The lowest BCUT2D eigenvalue weighted by Gasteiger charge is -2.07. The van der Waals surface area contributed by atoms with E-state index in [-0.39, 0.29) is 5.75 Å². The third-order valence-electron chi connectivity index (χ3n) is 3.16. The molecule has 0 bridgehead atoms. The van der Waals surface area contributed by atoms with E-state index in [2.05, 4.69) is 9.82 Å². The summed E-state index contributed by atoms with van der Waals surface area (Å²) in [6, 6.07) is 0. The van der Waals surface area contributed by atoms with Crippen LogP contribution in [0.25, 0.3) is 0 Å². The number of rotatable bonds is 7. The van der Waals surface area contributed by atoms with Gasteiger partial charge in [-0.25, -0.2) is 13.1 Å². The van der Waals surface area contributed by atoms with E-state index in [1.54, 1.807) is 0 Å². The predicted octanol–water partition coefficient (Wildman–Crippen LogP) is 1.53. The maximum absolute atomic E-state index is 11.6. The molecule has 18 heavy (non-hydrogen) atoms. The summed E-state index contributed by atoms with van der Waals surface area (Å²) < 4.78 is 27.7. The molecule has 0 saturated heterocycles. The molecule has 1 aromatic rings. The minimum atomic E-state index is -3.12. The quantitative estimate of drug-likeness (QED) is 0.819. The van der Waals surface area contributed by atoms with Gasteiger partial charge in [0.15, 0.2) is 0 Å². The molecule has 0 aliphatic rings. The van der Waals surface area contributed by atoms with Crippen LogP contribution in [0.2, 0.25) is 0 Å². The van der Waals surface area contributed by atoms with Crippen molar-refractivity contribution in [2.24, 2.45) is 0 Å². The van der Waals surface area contributed by atoms with Crippen LogP contribution in [0.15, 0.2) is 0 Å². The van der Waals surface area contributed by atoms with Crippen molar-refractivity contribution in [3.63, 3.8) is 0 Å². The molecule has 0 aliphatic heterocycles. The van der Waals surface area contributed by atoms with Gasteiger partial charge in [0.05, 0.1) is 18.0 Å². The van der Waals surface area contributed by atoms with Crippen LogP contribution in [0.5, 0.6) is 0 Å². The standard InChI is InChI=1S/C12H23N3O2S/c1-5-6-9-18(16,17)13-7-8-15-12(4)10(2)11(3)14-15/h13H,5-9H2,1-4H3. The van der Waals surface area contributed by atoms with Gasteiger partial charge in [-0.3, -0.25) is 4.68 Å². The summed E-state index contributed by atoms with van der Waals surface area (Å²) in [5.41, 5.74) is 3.27. The largest absolute Gasteiger partial charge is 0.268 e. The molecule has 0 fully saturated rings. The van der Waals surface area contributed by atoms with Gasteiger partial charge in [-0.15, -0.1) is 0 Å². The van der Waals surface area contributed by atoms with Gasteiger partial charge in [0.2, 0.25) is 10.0 Å². The molecular formula is C12H23N3O2S. The summed E-state index contributed by atoms with van der Waals surface area (Å²) in [6.45, 7) is 8.94. The van der Waals surface area contributed by atoms with Crippen LogP contribution in [0, 0.1) is 20.8 Å². The van der Waals surface area contributed by atoms with E-state index in [0.717, 1.165) is 17.8 Å². The summed E-state index contributed by atoms with van der Waals surface area (Å²) >= 11 is 0. The Bertz CT molecular complexity index is 492. The zero-order valence-corrected chi connectivity index (χ0v) is 12.5. The first-order valence-electron chi connectivity index (χ1n) is 6.35. The van der Waals surface area contributed by atoms with E-state index in [9.17, 15) is 8.42 Å². The molecule has 0 spiro atoms. The molecular weight excluding hydrogens is 250 g/mol. The number of hydrogen-bond donors (Lipinski definition) is 1. The summed E-state index contributed by atoms with van der Waals surface area (Å²) in [6.07, 6.45) is 1.59. The van der Waals surface area contributed by atoms with Crippen molar-refractivity contribution >= 4 is 10.0 Å². The van der Waals surface area contributed by atoms with Crippen molar-refractivity contribution in [3.8, 4) is 0 Å². The van der Waals surface area contributed by atoms with E-state index in [1.165, 1.54) is 5.56 Å². The molecule has 0 aliphatic carbocycles. The van der Waals surface area contributed by atoms with Crippen LogP contribution in [0.4, 0.5) is 0 Å². The number of hydrogen-bond acceptors (Lipinski definition) is 3. The minimum absolute atomic E-state index is 0.208. The Kier molecular flexibility index (Phi) is 5.34. The van der Waals surface area contributed by atoms with Gasteiger partial charge in [0.1, 0.15) is 0 Å². The average molecular weight is 273 g/mol. The first-order valence-corrected chi connectivity index (χ1v) is 8.00. The normalized spacial score (nSPS) is 12.0. The van der Waals surface area contributed by atoms with Gasteiger partial charge in [-0.05, 0) is 32.8 Å². The lowest BCUT2D eigenvalue weighted by molar-refractivity contribution is 0.552. The number of nitrogens with zero attached hydrogens (tertiary/aromatic N) is 2. The highest BCUT2D eigenvalue weighted by molar-refractivity contribution is 7.89. The molecule has 1 rings (SSSR count). The molecule has 0 saturated carbocycles. The molecule has 1 aromatic heterocycles. The molecule has 0 radical (unpaired) electrons. The van der Waals surface area contributed by atoms with Gasteiger partial charge in [0, 0.05) is 12.2 Å². The van der Waals surface area contributed by atoms with Gasteiger partial charge >= 0.3 is 0 Å². The summed E-state index contributed by atoms with van der Waals surface area (Å²) in [4.78, 5) is 0. The topological polar surface area (TPSA) is 64.0 Å². The summed E-state index contributed by atoms with van der Waals surface area (Å²) in [5.74, 6) is 0.208. The number of nitrogens with one attached hydrogen (secondary N) is 1. The van der Waals surface area contributed by atoms with Crippen LogP contribution in [0.1, 0.15) is 36.7 Å². The Morgan fingerprint density at radius 2 is 1.94 bits per heavy atom. The highest BCUT2D eigenvalue weighted by Crippen LogP contribution is 2.10. The number of aryl methyl sites for hydroxylation is 1. The van der Waals surface area contributed by atoms with Crippen molar-refractivity contribution in [2.75, 3.05) is 12.3 Å². The molecule has 1 N–H and O–H groups in total. The number of unbranched alkanes of at least 4 members (excludes halogenated alkanes) is 1. The fourth-order valence-corrected chi connectivity index (χ4v) is 2.93. The first kappa shape index (κ1) is 15.2. The minimum Gasteiger partial charge on any atom is -0.268 e. The maximum Gasteiger partial charge on any atom is 0.211 e. The molecule has 104 valence electrons. The second-order valence-corrected chi connectivity index (χ2v) is 6.51. The van der Waals surface area contributed by atoms with E-state index >= 15 is 0 Å². The van der Waals surface area contributed by atoms with Crippen LogP contribution >= 0.6 is 0 Å². The zero-order chi connectivity index (χ0) is 13.8. The van der Waals surface area contributed by atoms with Crippen LogP contribution < -0.4 is 4.72 Å². The van der Waals surface area contributed by atoms with E-state index < -0.39 is 10.0 Å². The SMILES string of the molecule is CCCCS(=O)(=O)NCCn1nc(C)c(C)c1C. The van der Waals surface area contributed by atoms with Gasteiger partial charge in [-0.2, -0.15) is 5.10 Å². The summed E-state index contributed by atoms with van der Waals surface area (Å²) in [7, 11) is -3.12. The van der Waals surface area contributed by atoms with Crippen molar-refractivity contribution in [2.45, 2.75) is 47.1 Å². The van der Waals surface area contributed by atoms with Crippen LogP contribution in [-0.4, -0.2) is 30.5 Å². The monoisotopic (exact) mass is 273 g/mol. The Morgan fingerprint density at radius 3 is 2.44 bits per heavy atom. The highest BCUT2D eigenvalue weighted by Gasteiger charge is 2.10. The maximum atomic E-state index is 11.6. The van der Waals surface area contributed by atoms with Crippen molar-refractivity contribution in [1.29, 1.82) is 0 Å². The molecule has 0 aromatic carbocycles. The molecule has 0 atom stereocenters. The number of sulfonamides is 1. The van der Waals surface area contributed by atoms with Crippen LogP contribution in [0.3, 0.4) is 0 Å². The van der Waals surface area contributed by atoms with Crippen molar-refractivity contribution in [3.05, 3.63) is 17.0 Å². The second-order valence-electron chi connectivity index (χ2n) is 4.59. The van der Waals surface area contributed by atoms with Gasteiger partial charge in [0.25, 0.3) is 0 Å². The van der Waals surface area contributed by atoms with Crippen LogP contribution in [-0.2, 0) is 16.6 Å². The Hall–Kier alpha value is -0.880. The second kappa shape index (κ2) is 6.33. The van der Waals surface area contributed by atoms with Crippen molar-refractivity contribution < 1.29 is 8.42 Å². The first-order chi connectivity index (χ1) is 8.37. The molecule has 1 heterocycles. The van der Waals surface area contributed by atoms with E-state index in [1.807, 2.05) is 32.4 Å². The van der Waals surface area contributed by atoms with E-state index in [0.29, 0.717) is 19.5 Å². The third kappa shape index (κ3) is 4.10. The van der Waals surface area contributed by atoms with Gasteiger partial charge < -0.3 is 0 Å². The molecule has 0 amide bonds. The lowest BCUT2D eigenvalue weighted by Crippen LogP contribution is -2.30. The fraction of sp³-hybridized carbons (Fsp3) is 0.750. The highest BCUT2D eigenvalue weighted by atomic mass is 32.2. The molecule has 5 nitrogen and oxygen atoms in total. The summed E-state index contributed by atoms with van der Waals surface area (Å²) in [5, 5.41) is 4.37. The van der Waals surface area contributed by atoms with Crippen molar-refractivity contribution in [1.82, 2.24) is 14.5 Å². The molecule has 6 heteroatoms. The number of aromatic nitrogens is 2. The Labute approximate surface area is 110 Å². The predicted molar refractivity (Wildman–Crippen MR) is 73.1 cm³/mol. The Morgan fingerprint density at radius 1 is 1.28 bits per heavy atom.